The van der Waals surface area contributed by atoms with Crippen LogP contribution in [0.15, 0.2) is 41.9 Å². The first kappa shape index (κ1) is 25.5. The third-order valence-electron chi connectivity index (χ3n) is 8.38. The van der Waals surface area contributed by atoms with Gasteiger partial charge >= 0.3 is 0 Å². The maximum absolute atomic E-state index is 13.5. The molecule has 0 radical (unpaired) electrons. The molecule has 2 aliphatic heterocycles. The number of aryl methyl sites for hydroxylation is 1. The summed E-state index contributed by atoms with van der Waals surface area (Å²) in [6.45, 7) is 4.04. The summed E-state index contributed by atoms with van der Waals surface area (Å²) in [5.74, 6) is 0.0974. The minimum Gasteiger partial charge on any atom is -0.344 e. The van der Waals surface area contributed by atoms with Crippen LogP contribution in [0, 0.1) is 5.92 Å². The first-order valence-corrected chi connectivity index (χ1v) is 14.5. The zero-order valence-electron chi connectivity index (χ0n) is 21.1. The lowest BCUT2D eigenvalue weighted by molar-refractivity contribution is -0.127. The predicted octanol–water partition coefficient (Wildman–Crippen LogP) is 3.11. The zero-order chi connectivity index (χ0) is 24.9. The lowest BCUT2D eigenvalue weighted by Gasteiger charge is -2.40. The van der Waals surface area contributed by atoms with E-state index in [4.69, 9.17) is 5.73 Å². The highest BCUT2D eigenvalue weighted by Gasteiger charge is 2.42. The Morgan fingerprint density at radius 2 is 1.89 bits per heavy atom. The third kappa shape index (κ3) is 6.05. The number of benzene rings is 1. The summed E-state index contributed by atoms with van der Waals surface area (Å²) >= 11 is 1.35. The van der Waals surface area contributed by atoms with Crippen LogP contribution in [-0.4, -0.2) is 76.8 Å². The molecule has 2 aromatic rings. The molecule has 7 nitrogen and oxygen atoms in total. The molecule has 3 atom stereocenters. The van der Waals surface area contributed by atoms with Crippen molar-refractivity contribution in [2.45, 2.75) is 75.5 Å². The number of hydrogen-bond acceptors (Lipinski definition) is 7. The summed E-state index contributed by atoms with van der Waals surface area (Å²) in [5.41, 5.74) is 7.52. The number of nitrogens with zero attached hydrogens (tertiary/aromatic N) is 3. The summed E-state index contributed by atoms with van der Waals surface area (Å²) < 4.78 is 0. The van der Waals surface area contributed by atoms with E-state index in [2.05, 4.69) is 50.4 Å². The maximum atomic E-state index is 13.5. The summed E-state index contributed by atoms with van der Waals surface area (Å²) in [7, 11) is 0. The molecule has 1 aromatic carbocycles. The largest absolute Gasteiger partial charge is 0.344 e. The Hall–Kier alpha value is -2.13. The van der Waals surface area contributed by atoms with Crippen LogP contribution in [0.25, 0.3) is 0 Å². The van der Waals surface area contributed by atoms with Crippen LogP contribution in [0.2, 0.25) is 0 Å². The number of fused-ring (bicyclic) bond motifs is 1. The fraction of sp³-hybridized carbons (Fsp3) is 0.607. The van der Waals surface area contributed by atoms with Crippen LogP contribution in [-0.2, 0) is 11.2 Å². The highest BCUT2D eigenvalue weighted by Crippen LogP contribution is 2.31. The first-order valence-electron chi connectivity index (χ1n) is 13.6. The highest BCUT2D eigenvalue weighted by atomic mass is 32.1. The van der Waals surface area contributed by atoms with Crippen LogP contribution < -0.4 is 11.1 Å². The van der Waals surface area contributed by atoms with Crippen molar-refractivity contribution in [2.75, 3.05) is 26.2 Å². The average Bonchev–Trinajstić information content (AvgIpc) is 3.58. The molecule has 36 heavy (non-hydrogen) atoms. The smallest absolute Gasteiger partial charge is 0.237 e. The molecule has 3 aliphatic rings. The Morgan fingerprint density at radius 1 is 1.08 bits per heavy atom. The Labute approximate surface area is 218 Å². The quantitative estimate of drug-likeness (QED) is 0.505. The number of thiazole rings is 1. The molecule has 0 spiro atoms. The fourth-order valence-electron chi connectivity index (χ4n) is 6.36. The van der Waals surface area contributed by atoms with Crippen LogP contribution in [0.1, 0.15) is 60.3 Å². The van der Waals surface area contributed by atoms with E-state index >= 15 is 0 Å². The average molecular weight is 510 g/mol. The topological polar surface area (TPSA) is 91.6 Å². The Bertz CT molecular complexity index is 993. The van der Waals surface area contributed by atoms with Gasteiger partial charge in [0, 0.05) is 43.3 Å². The molecule has 1 aromatic heterocycles. The molecular formula is C28H39N5O2S. The van der Waals surface area contributed by atoms with Gasteiger partial charge in [-0.3, -0.25) is 14.5 Å². The number of ketones is 1. The van der Waals surface area contributed by atoms with Gasteiger partial charge in [0.05, 0.1) is 12.1 Å². The van der Waals surface area contributed by atoms with Gasteiger partial charge in [0.1, 0.15) is 0 Å². The van der Waals surface area contributed by atoms with Crippen molar-refractivity contribution in [3.8, 4) is 0 Å². The minimum atomic E-state index is -0.505. The second-order valence-electron chi connectivity index (χ2n) is 10.7. The molecule has 194 valence electrons. The number of nitrogens with two attached hydrogens (primary N) is 1. The van der Waals surface area contributed by atoms with Gasteiger partial charge in [-0.25, -0.2) is 4.98 Å². The normalized spacial score (nSPS) is 27.9. The van der Waals surface area contributed by atoms with E-state index in [1.165, 1.54) is 16.9 Å². The van der Waals surface area contributed by atoms with Crippen molar-refractivity contribution in [3.63, 3.8) is 0 Å². The fourth-order valence-corrected chi connectivity index (χ4v) is 6.97. The molecule has 8 heteroatoms. The van der Waals surface area contributed by atoms with E-state index in [1.807, 2.05) is 5.38 Å². The van der Waals surface area contributed by atoms with Crippen molar-refractivity contribution in [1.82, 2.24) is 20.1 Å². The summed E-state index contributed by atoms with van der Waals surface area (Å²) in [4.78, 5) is 36.1. The number of nitrogens with one attached hydrogen (secondary N) is 1. The third-order valence-corrected chi connectivity index (χ3v) is 9.17. The molecule has 2 saturated heterocycles. The van der Waals surface area contributed by atoms with Crippen LogP contribution in [0.4, 0.5) is 0 Å². The Morgan fingerprint density at radius 3 is 2.64 bits per heavy atom. The summed E-state index contributed by atoms with van der Waals surface area (Å²) in [6.07, 6.45) is 9.38. The number of piperazine rings is 1. The number of Topliss-reactive ketones (excluding diaryl/α,β-unsaturated/α-hetero) is 1. The number of carbonyl (C=O) groups is 2. The molecule has 3 N–H and O–H groups in total. The predicted molar refractivity (Wildman–Crippen MR) is 143 cm³/mol. The van der Waals surface area contributed by atoms with Crippen molar-refractivity contribution in [2.24, 2.45) is 11.7 Å². The lowest BCUT2D eigenvalue weighted by Crippen LogP contribution is -2.58. The molecule has 0 bridgehead atoms. The van der Waals surface area contributed by atoms with E-state index in [0.29, 0.717) is 11.0 Å². The Balaban J connectivity index is 1.16. The molecule has 1 aliphatic carbocycles. The van der Waals surface area contributed by atoms with Crippen molar-refractivity contribution < 1.29 is 9.59 Å². The van der Waals surface area contributed by atoms with Crippen LogP contribution in [0.5, 0.6) is 0 Å². The van der Waals surface area contributed by atoms with Gasteiger partial charge in [0.25, 0.3) is 0 Å². The van der Waals surface area contributed by atoms with Gasteiger partial charge in [0.2, 0.25) is 11.7 Å². The number of aromatic nitrogens is 1. The monoisotopic (exact) mass is 509 g/mol. The van der Waals surface area contributed by atoms with Crippen LogP contribution in [0.3, 0.4) is 0 Å². The van der Waals surface area contributed by atoms with E-state index in [1.54, 1.807) is 6.20 Å². The van der Waals surface area contributed by atoms with E-state index in [-0.39, 0.29) is 29.7 Å². The summed E-state index contributed by atoms with van der Waals surface area (Å²) in [5, 5.41) is 5.52. The van der Waals surface area contributed by atoms with Gasteiger partial charge in [0.15, 0.2) is 5.01 Å². The van der Waals surface area contributed by atoms with Gasteiger partial charge in [-0.15, -0.1) is 11.3 Å². The van der Waals surface area contributed by atoms with E-state index in [9.17, 15) is 9.59 Å². The van der Waals surface area contributed by atoms with Gasteiger partial charge in [-0.2, -0.15) is 0 Å². The number of rotatable bonds is 9. The van der Waals surface area contributed by atoms with Gasteiger partial charge in [-0.1, -0.05) is 30.3 Å². The SMILES string of the molecule is NC1CCC(C(NC(=O)C2CCC3CN(CCCc4ccccc4)CCN32)C(=O)c2nccs2)CC1. The van der Waals surface area contributed by atoms with Gasteiger partial charge < -0.3 is 16.0 Å². The first-order chi connectivity index (χ1) is 17.6. The zero-order valence-corrected chi connectivity index (χ0v) is 21.9. The van der Waals surface area contributed by atoms with Crippen molar-refractivity contribution >= 4 is 23.0 Å². The van der Waals surface area contributed by atoms with Crippen LogP contribution >= 0.6 is 11.3 Å². The molecule has 5 rings (SSSR count). The molecular weight excluding hydrogens is 470 g/mol. The van der Waals surface area contributed by atoms with E-state index < -0.39 is 6.04 Å². The number of amides is 1. The molecule has 3 heterocycles. The second kappa shape index (κ2) is 11.9. The summed E-state index contributed by atoms with van der Waals surface area (Å²) in [6, 6.07) is 10.7. The van der Waals surface area contributed by atoms with Gasteiger partial charge in [-0.05, 0) is 69.4 Å². The molecule has 1 saturated carbocycles. The minimum absolute atomic E-state index is 0.0137. The van der Waals surface area contributed by atoms with Crippen molar-refractivity contribution in [1.29, 1.82) is 0 Å². The molecule has 1 amide bonds. The van der Waals surface area contributed by atoms with Crippen molar-refractivity contribution in [3.05, 3.63) is 52.5 Å². The van der Waals surface area contributed by atoms with E-state index in [0.717, 1.165) is 77.5 Å². The lowest BCUT2D eigenvalue weighted by atomic mass is 9.80. The highest BCUT2D eigenvalue weighted by molar-refractivity contribution is 7.11. The maximum Gasteiger partial charge on any atom is 0.237 e. The Kier molecular flexibility index (Phi) is 8.47. The standard InChI is InChI=1S/C28H39N5O2S/c29-22-10-8-21(9-11-22)25(26(34)28-30-14-18-36-28)31-27(35)24-13-12-23-19-32(16-17-33(23)24)15-4-7-20-5-2-1-3-6-20/h1-3,5-6,14,18,21-25H,4,7-13,15-17,19,29H2,(H,31,35). The number of hydrogen-bond donors (Lipinski definition) is 2. The number of carbonyl (C=O) groups excluding carboxylic acids is 2. The second-order valence-corrected chi connectivity index (χ2v) is 11.6. The molecule has 3 unspecified atom stereocenters. The molecule has 3 fully saturated rings.